The first-order valence-electron chi connectivity index (χ1n) is 10.1. The molecule has 0 spiro atoms. The third-order valence-corrected chi connectivity index (χ3v) is 5.47. The van der Waals surface area contributed by atoms with Crippen molar-refractivity contribution in [3.05, 3.63) is 63.3 Å². The normalized spacial score (nSPS) is 12.6. The maximum Gasteiger partial charge on any atom is 0.350 e. The number of hydrogen-bond donors (Lipinski definition) is 1. The zero-order valence-corrected chi connectivity index (χ0v) is 17.9. The summed E-state index contributed by atoms with van der Waals surface area (Å²) in [5.74, 6) is -0.185. The van der Waals surface area contributed by atoms with Crippen LogP contribution in [0.5, 0.6) is 0 Å². The summed E-state index contributed by atoms with van der Waals surface area (Å²) in [4.78, 5) is 25.9. The van der Waals surface area contributed by atoms with Crippen LogP contribution in [0.2, 0.25) is 0 Å². The molecule has 0 unspecified atom stereocenters. The first-order chi connectivity index (χ1) is 14.3. The van der Waals surface area contributed by atoms with Gasteiger partial charge in [0.25, 0.3) is 5.91 Å². The quantitative estimate of drug-likeness (QED) is 0.552. The maximum absolute atomic E-state index is 13.1. The fourth-order valence-electron chi connectivity index (χ4n) is 4.04. The Balaban J connectivity index is 1.63. The molecule has 3 aromatic heterocycles. The van der Waals surface area contributed by atoms with Gasteiger partial charge in [0.1, 0.15) is 0 Å². The summed E-state index contributed by atoms with van der Waals surface area (Å²) >= 11 is 0. The molecule has 0 radical (unpaired) electrons. The van der Waals surface area contributed by atoms with Gasteiger partial charge in [-0.15, -0.1) is 5.10 Å². The summed E-state index contributed by atoms with van der Waals surface area (Å²) < 4.78 is 4.88. The van der Waals surface area contributed by atoms with Crippen molar-refractivity contribution < 1.29 is 4.79 Å². The third kappa shape index (κ3) is 3.18. The minimum atomic E-state index is -0.282. The molecule has 3 heterocycles. The van der Waals surface area contributed by atoms with E-state index in [0.29, 0.717) is 23.4 Å². The minimum absolute atomic E-state index is 0.185. The molecule has 8 nitrogen and oxygen atoms in total. The average Bonchev–Trinajstić information content (AvgIpc) is 3.18. The van der Waals surface area contributed by atoms with E-state index in [-0.39, 0.29) is 24.2 Å². The van der Waals surface area contributed by atoms with E-state index >= 15 is 0 Å². The lowest BCUT2D eigenvalue weighted by atomic mass is 10.1. The van der Waals surface area contributed by atoms with E-state index in [9.17, 15) is 9.59 Å². The number of aryl methyl sites for hydroxylation is 3. The Hall–Kier alpha value is -3.42. The van der Waals surface area contributed by atoms with E-state index in [1.54, 1.807) is 4.40 Å². The highest BCUT2D eigenvalue weighted by molar-refractivity contribution is 5.96. The summed E-state index contributed by atoms with van der Waals surface area (Å²) in [5.41, 5.74) is 4.31. The molecular formula is C22H26N6O2. The van der Waals surface area contributed by atoms with E-state index < -0.39 is 0 Å². The van der Waals surface area contributed by atoms with E-state index in [1.807, 2.05) is 69.6 Å². The number of nitrogens with one attached hydrogen (secondary N) is 1. The van der Waals surface area contributed by atoms with Crippen LogP contribution < -0.4 is 11.0 Å². The van der Waals surface area contributed by atoms with Crippen molar-refractivity contribution in [1.29, 1.82) is 0 Å². The molecule has 0 aliphatic heterocycles. The lowest BCUT2D eigenvalue weighted by Crippen LogP contribution is -2.38. The predicted molar refractivity (Wildman–Crippen MR) is 116 cm³/mol. The second-order valence-corrected chi connectivity index (χ2v) is 7.75. The van der Waals surface area contributed by atoms with Gasteiger partial charge in [-0.1, -0.05) is 18.2 Å². The molecule has 4 aromatic rings. The molecule has 1 aromatic carbocycles. The fraction of sp³-hybridized carbons (Fsp3) is 0.364. The van der Waals surface area contributed by atoms with Gasteiger partial charge >= 0.3 is 5.69 Å². The molecule has 0 saturated heterocycles. The van der Waals surface area contributed by atoms with Gasteiger partial charge in [0, 0.05) is 18.3 Å². The predicted octanol–water partition coefficient (Wildman–Crippen LogP) is 2.61. The van der Waals surface area contributed by atoms with Crippen molar-refractivity contribution in [1.82, 2.24) is 29.3 Å². The standard InChI is InChI=1S/C22H26N6O2/c1-6-26-16(5)19(15(4)24-26)21(29)23-14(3)12-27-22(30)28-18-10-8-7-9-17(18)11-13(2)20(28)25-27/h7-11,14H,6,12H2,1-5H3,(H,23,29)/t14-/m1/s1. The molecule has 1 atom stereocenters. The molecule has 8 heteroatoms. The summed E-state index contributed by atoms with van der Waals surface area (Å²) in [6.45, 7) is 10.5. The highest BCUT2D eigenvalue weighted by Gasteiger charge is 2.21. The number of amides is 1. The van der Waals surface area contributed by atoms with Crippen LogP contribution in [0.4, 0.5) is 0 Å². The Bertz CT molecular complexity index is 1330. The number of rotatable bonds is 5. The molecule has 0 fully saturated rings. The smallest absolute Gasteiger partial charge is 0.348 e. The molecule has 4 rings (SSSR count). The number of para-hydroxylation sites is 1. The number of carbonyl (C=O) groups is 1. The summed E-state index contributed by atoms with van der Waals surface area (Å²) in [5, 5.41) is 12.9. The zero-order chi connectivity index (χ0) is 21.6. The molecule has 1 N–H and O–H groups in total. The van der Waals surface area contributed by atoms with Crippen molar-refractivity contribution in [3.63, 3.8) is 0 Å². The number of carbonyl (C=O) groups excluding carboxylic acids is 1. The Kier molecular flexibility index (Phi) is 4.93. The topological polar surface area (TPSA) is 86.2 Å². The number of nitrogens with zero attached hydrogens (tertiary/aromatic N) is 5. The Morgan fingerprint density at radius 3 is 2.57 bits per heavy atom. The van der Waals surface area contributed by atoms with Crippen LogP contribution in [-0.2, 0) is 13.1 Å². The van der Waals surface area contributed by atoms with Gasteiger partial charge in [-0.3, -0.25) is 9.48 Å². The fourth-order valence-corrected chi connectivity index (χ4v) is 4.04. The van der Waals surface area contributed by atoms with Crippen LogP contribution in [-0.4, -0.2) is 35.9 Å². The van der Waals surface area contributed by atoms with Gasteiger partial charge in [-0.05, 0) is 57.7 Å². The van der Waals surface area contributed by atoms with E-state index in [0.717, 1.165) is 22.2 Å². The van der Waals surface area contributed by atoms with Gasteiger partial charge in [0.2, 0.25) is 0 Å². The highest BCUT2D eigenvalue weighted by atomic mass is 16.2. The second-order valence-electron chi connectivity index (χ2n) is 7.75. The largest absolute Gasteiger partial charge is 0.350 e. The van der Waals surface area contributed by atoms with E-state index in [1.165, 1.54) is 4.68 Å². The number of fused-ring (bicyclic) bond motifs is 3. The number of pyridine rings is 1. The summed E-state index contributed by atoms with van der Waals surface area (Å²) in [6.07, 6.45) is 0. The lowest BCUT2D eigenvalue weighted by Gasteiger charge is -2.13. The maximum atomic E-state index is 13.1. The lowest BCUT2D eigenvalue weighted by molar-refractivity contribution is 0.0934. The Morgan fingerprint density at radius 2 is 1.87 bits per heavy atom. The second kappa shape index (κ2) is 7.44. The molecule has 30 heavy (non-hydrogen) atoms. The molecule has 0 aliphatic carbocycles. The molecular weight excluding hydrogens is 380 g/mol. The van der Waals surface area contributed by atoms with Gasteiger partial charge < -0.3 is 5.32 Å². The van der Waals surface area contributed by atoms with Crippen molar-refractivity contribution in [3.8, 4) is 0 Å². The van der Waals surface area contributed by atoms with Crippen molar-refractivity contribution in [2.24, 2.45) is 0 Å². The molecule has 0 aliphatic rings. The molecule has 156 valence electrons. The van der Waals surface area contributed by atoms with Gasteiger partial charge in [0.15, 0.2) is 5.65 Å². The van der Waals surface area contributed by atoms with Crippen LogP contribution >= 0.6 is 0 Å². The monoisotopic (exact) mass is 406 g/mol. The minimum Gasteiger partial charge on any atom is -0.348 e. The van der Waals surface area contributed by atoms with Gasteiger partial charge in [-0.25, -0.2) is 13.9 Å². The molecule has 0 saturated carbocycles. The average molecular weight is 406 g/mol. The third-order valence-electron chi connectivity index (χ3n) is 5.47. The van der Waals surface area contributed by atoms with Crippen molar-refractivity contribution in [2.45, 2.75) is 53.8 Å². The SMILES string of the molecule is CCn1nc(C)c(C(=O)N[C@H](C)Cn2nc3c(C)cc4ccccc4n3c2=O)c1C. The summed E-state index contributed by atoms with van der Waals surface area (Å²) in [6, 6.07) is 9.50. The van der Waals surface area contributed by atoms with Crippen LogP contribution in [0.25, 0.3) is 16.6 Å². The van der Waals surface area contributed by atoms with Crippen LogP contribution in [0, 0.1) is 20.8 Å². The molecule has 0 bridgehead atoms. The number of benzene rings is 1. The first kappa shape index (κ1) is 19.9. The van der Waals surface area contributed by atoms with Crippen molar-refractivity contribution in [2.75, 3.05) is 0 Å². The van der Waals surface area contributed by atoms with Crippen LogP contribution in [0.15, 0.2) is 35.1 Å². The molecule has 1 amide bonds. The number of aromatic nitrogens is 5. The highest BCUT2D eigenvalue weighted by Crippen LogP contribution is 2.18. The van der Waals surface area contributed by atoms with Crippen LogP contribution in [0.3, 0.4) is 0 Å². The Labute approximate surface area is 174 Å². The van der Waals surface area contributed by atoms with Crippen molar-refractivity contribution >= 4 is 22.5 Å². The summed E-state index contributed by atoms with van der Waals surface area (Å²) in [7, 11) is 0. The van der Waals surface area contributed by atoms with Gasteiger partial charge in [0.05, 0.1) is 23.3 Å². The van der Waals surface area contributed by atoms with E-state index in [4.69, 9.17) is 0 Å². The number of hydrogen-bond acceptors (Lipinski definition) is 4. The van der Waals surface area contributed by atoms with Crippen LogP contribution in [0.1, 0.15) is 41.2 Å². The Morgan fingerprint density at radius 1 is 1.13 bits per heavy atom. The first-order valence-corrected chi connectivity index (χ1v) is 10.1. The zero-order valence-electron chi connectivity index (χ0n) is 17.9. The van der Waals surface area contributed by atoms with E-state index in [2.05, 4.69) is 15.5 Å². The van der Waals surface area contributed by atoms with Gasteiger partial charge in [-0.2, -0.15) is 5.10 Å².